The fraction of sp³-hybridized carbons (Fsp3) is 0.353. The van der Waals surface area contributed by atoms with Crippen LogP contribution in [0.4, 0.5) is 5.69 Å². The molecule has 6 nitrogen and oxygen atoms in total. The molecule has 0 saturated carbocycles. The van der Waals surface area contributed by atoms with E-state index in [1.54, 1.807) is 42.4 Å². The fourth-order valence-corrected chi connectivity index (χ4v) is 4.27. The van der Waals surface area contributed by atoms with Crippen LogP contribution >= 0.6 is 0 Å². The molecule has 1 aliphatic heterocycles. The van der Waals surface area contributed by atoms with Crippen LogP contribution in [0.5, 0.6) is 0 Å². The minimum absolute atomic E-state index is 0.0328. The number of anilines is 1. The van der Waals surface area contributed by atoms with Gasteiger partial charge in [0.2, 0.25) is 15.9 Å². The highest BCUT2D eigenvalue weighted by Crippen LogP contribution is 2.30. The number of fused-ring (bicyclic) bond motifs is 1. The number of hydrogen-bond acceptors (Lipinski definition) is 4. The van der Waals surface area contributed by atoms with Gasteiger partial charge in [-0.15, -0.1) is 0 Å². The Kier molecular flexibility index (Phi) is 4.47. The maximum absolute atomic E-state index is 12.6. The number of nitrogens with one attached hydrogen (secondary N) is 1. The number of furan rings is 1. The molecule has 24 heavy (non-hydrogen) atoms. The van der Waals surface area contributed by atoms with E-state index in [0.29, 0.717) is 19.4 Å². The maximum Gasteiger partial charge on any atom is 0.240 e. The van der Waals surface area contributed by atoms with Crippen LogP contribution in [0, 0.1) is 0 Å². The molecule has 0 radical (unpaired) electrons. The first-order valence-electron chi connectivity index (χ1n) is 7.82. The van der Waals surface area contributed by atoms with Crippen molar-refractivity contribution in [3.8, 4) is 0 Å². The average Bonchev–Trinajstić information content (AvgIpc) is 3.14. The summed E-state index contributed by atoms with van der Waals surface area (Å²) in [5.41, 5.74) is 1.68. The quantitative estimate of drug-likeness (QED) is 0.897. The van der Waals surface area contributed by atoms with E-state index in [9.17, 15) is 13.2 Å². The minimum Gasteiger partial charge on any atom is -0.469 e. The molecule has 0 bridgehead atoms. The molecule has 1 aromatic carbocycles. The predicted molar refractivity (Wildman–Crippen MR) is 90.4 cm³/mol. The van der Waals surface area contributed by atoms with Gasteiger partial charge >= 0.3 is 0 Å². The molecule has 1 N–H and O–H groups in total. The van der Waals surface area contributed by atoms with Gasteiger partial charge in [-0.1, -0.05) is 0 Å². The van der Waals surface area contributed by atoms with Crippen LogP contribution in [0.3, 0.4) is 0 Å². The van der Waals surface area contributed by atoms with Crippen LogP contribution in [0.1, 0.15) is 25.2 Å². The van der Waals surface area contributed by atoms with Gasteiger partial charge in [0.1, 0.15) is 5.76 Å². The van der Waals surface area contributed by atoms with Gasteiger partial charge in [0.25, 0.3) is 0 Å². The lowest BCUT2D eigenvalue weighted by atomic mass is 10.2. The lowest BCUT2D eigenvalue weighted by molar-refractivity contribution is -0.116. The third-order valence-corrected chi connectivity index (χ3v) is 5.67. The molecule has 0 unspecified atom stereocenters. The van der Waals surface area contributed by atoms with Crippen molar-refractivity contribution < 1.29 is 17.6 Å². The lowest BCUT2D eigenvalue weighted by Crippen LogP contribution is -2.34. The molecule has 0 fully saturated rings. The molecule has 7 heteroatoms. The van der Waals surface area contributed by atoms with Crippen LogP contribution in [0.2, 0.25) is 0 Å². The number of rotatable bonds is 5. The Hall–Kier alpha value is -2.12. The highest BCUT2D eigenvalue weighted by molar-refractivity contribution is 7.89. The summed E-state index contributed by atoms with van der Waals surface area (Å²) in [6, 6.07) is 8.20. The summed E-state index contributed by atoms with van der Waals surface area (Å²) in [7, 11) is -3.62. The van der Waals surface area contributed by atoms with Gasteiger partial charge in [0, 0.05) is 31.6 Å². The zero-order valence-electron chi connectivity index (χ0n) is 13.7. The van der Waals surface area contributed by atoms with Crippen molar-refractivity contribution in [1.29, 1.82) is 0 Å². The average molecular weight is 348 g/mol. The predicted octanol–water partition coefficient (Wildman–Crippen LogP) is 2.10. The molecule has 128 valence electrons. The molecule has 3 rings (SSSR count). The number of carbonyl (C=O) groups excluding carboxylic acids is 1. The molecule has 0 saturated heterocycles. The van der Waals surface area contributed by atoms with E-state index in [0.717, 1.165) is 17.0 Å². The van der Waals surface area contributed by atoms with Crippen molar-refractivity contribution in [2.24, 2.45) is 0 Å². The van der Waals surface area contributed by atoms with Crippen molar-refractivity contribution in [3.63, 3.8) is 0 Å². The number of hydrogen-bond donors (Lipinski definition) is 1. The number of amides is 1. The second-order valence-electron chi connectivity index (χ2n) is 6.02. The Bertz CT molecular complexity index is 843. The molecular weight excluding hydrogens is 328 g/mol. The van der Waals surface area contributed by atoms with E-state index in [1.165, 1.54) is 6.92 Å². The first-order chi connectivity index (χ1) is 11.4. The Morgan fingerprint density at radius 3 is 2.83 bits per heavy atom. The molecule has 1 atom stereocenters. The van der Waals surface area contributed by atoms with E-state index < -0.39 is 10.0 Å². The number of nitrogens with zero attached hydrogens (tertiary/aromatic N) is 1. The summed E-state index contributed by atoms with van der Waals surface area (Å²) in [6.45, 7) is 3.90. The van der Waals surface area contributed by atoms with E-state index in [2.05, 4.69) is 4.72 Å². The van der Waals surface area contributed by atoms with Crippen LogP contribution in [0.25, 0.3) is 0 Å². The summed E-state index contributed by atoms with van der Waals surface area (Å²) in [6.07, 6.45) is 2.72. The first-order valence-corrected chi connectivity index (χ1v) is 9.31. The maximum atomic E-state index is 12.6. The van der Waals surface area contributed by atoms with Gasteiger partial charge in [0.05, 0.1) is 11.2 Å². The third-order valence-electron chi connectivity index (χ3n) is 4.08. The number of benzene rings is 1. The molecule has 1 aliphatic rings. The van der Waals surface area contributed by atoms with Crippen molar-refractivity contribution in [2.75, 3.05) is 11.4 Å². The Morgan fingerprint density at radius 1 is 1.38 bits per heavy atom. The minimum atomic E-state index is -3.62. The van der Waals surface area contributed by atoms with Crippen LogP contribution < -0.4 is 9.62 Å². The normalized spacial score (nSPS) is 15.3. The van der Waals surface area contributed by atoms with E-state index in [-0.39, 0.29) is 16.8 Å². The van der Waals surface area contributed by atoms with Crippen molar-refractivity contribution >= 4 is 21.6 Å². The SMILES string of the molecule is CC(=O)N1CCc2cc(S(=O)(=O)N[C@H](C)Cc3ccco3)ccc21. The number of sulfonamides is 1. The molecule has 0 aliphatic carbocycles. The van der Waals surface area contributed by atoms with Gasteiger partial charge in [-0.25, -0.2) is 13.1 Å². The molecule has 1 amide bonds. The van der Waals surface area contributed by atoms with Gasteiger partial charge in [-0.2, -0.15) is 0 Å². The standard InChI is InChI=1S/C17H20N2O4S/c1-12(10-15-4-3-9-23-15)18-24(21,22)16-5-6-17-14(11-16)7-8-19(17)13(2)20/h3-6,9,11-12,18H,7-8,10H2,1-2H3/t12-/m1/s1. The molecular formula is C17H20N2O4S. The van der Waals surface area contributed by atoms with Gasteiger partial charge in [-0.05, 0) is 49.2 Å². The molecule has 2 aromatic rings. The summed E-state index contributed by atoms with van der Waals surface area (Å²) < 4.78 is 33.0. The molecule has 0 spiro atoms. The summed E-state index contributed by atoms with van der Waals surface area (Å²) in [4.78, 5) is 13.5. The second-order valence-corrected chi connectivity index (χ2v) is 7.73. The summed E-state index contributed by atoms with van der Waals surface area (Å²) in [5.74, 6) is 0.700. The highest BCUT2D eigenvalue weighted by atomic mass is 32.2. The Morgan fingerprint density at radius 2 is 2.17 bits per heavy atom. The zero-order chi connectivity index (χ0) is 17.3. The van der Waals surface area contributed by atoms with E-state index in [4.69, 9.17) is 4.42 Å². The fourth-order valence-electron chi connectivity index (χ4n) is 2.98. The van der Waals surface area contributed by atoms with E-state index >= 15 is 0 Å². The summed E-state index contributed by atoms with van der Waals surface area (Å²) in [5, 5.41) is 0. The molecule has 1 aromatic heterocycles. The highest BCUT2D eigenvalue weighted by Gasteiger charge is 2.25. The van der Waals surface area contributed by atoms with Crippen LogP contribution in [-0.2, 0) is 27.7 Å². The van der Waals surface area contributed by atoms with Gasteiger partial charge in [0.15, 0.2) is 0 Å². The largest absolute Gasteiger partial charge is 0.469 e. The molecule has 2 heterocycles. The topological polar surface area (TPSA) is 79.6 Å². The Balaban J connectivity index is 1.77. The van der Waals surface area contributed by atoms with Crippen molar-refractivity contribution in [2.45, 2.75) is 37.6 Å². The zero-order valence-corrected chi connectivity index (χ0v) is 14.5. The van der Waals surface area contributed by atoms with Crippen molar-refractivity contribution in [1.82, 2.24) is 4.72 Å². The van der Waals surface area contributed by atoms with E-state index in [1.807, 2.05) is 6.07 Å². The monoisotopic (exact) mass is 348 g/mol. The Labute approximate surface area is 141 Å². The van der Waals surface area contributed by atoms with Crippen LogP contribution in [-0.4, -0.2) is 26.9 Å². The second kappa shape index (κ2) is 6.41. The third kappa shape index (κ3) is 3.37. The van der Waals surface area contributed by atoms with Gasteiger partial charge < -0.3 is 9.32 Å². The van der Waals surface area contributed by atoms with Crippen molar-refractivity contribution in [3.05, 3.63) is 47.9 Å². The van der Waals surface area contributed by atoms with Gasteiger partial charge in [-0.3, -0.25) is 4.79 Å². The number of carbonyl (C=O) groups is 1. The lowest BCUT2D eigenvalue weighted by Gasteiger charge is -2.16. The summed E-state index contributed by atoms with van der Waals surface area (Å²) >= 11 is 0. The smallest absolute Gasteiger partial charge is 0.240 e. The first kappa shape index (κ1) is 16.7. The van der Waals surface area contributed by atoms with Crippen LogP contribution in [0.15, 0.2) is 45.9 Å².